The van der Waals surface area contributed by atoms with Crippen LogP contribution in [0.15, 0.2) is 59.5 Å². The van der Waals surface area contributed by atoms with E-state index in [4.69, 9.17) is 4.74 Å². The zero-order chi connectivity index (χ0) is 18.1. The number of hydrogen-bond acceptors (Lipinski definition) is 5. The van der Waals surface area contributed by atoms with Crippen molar-refractivity contribution in [3.05, 3.63) is 70.9 Å². The van der Waals surface area contributed by atoms with Gasteiger partial charge in [-0.25, -0.2) is 9.07 Å². The fourth-order valence-corrected chi connectivity index (χ4v) is 2.61. The number of anilines is 2. The van der Waals surface area contributed by atoms with Gasteiger partial charge in [-0.15, -0.1) is 0 Å². The zero-order valence-electron chi connectivity index (χ0n) is 13.7. The van der Waals surface area contributed by atoms with Gasteiger partial charge in [-0.1, -0.05) is 18.2 Å². The molecule has 0 atom stereocenters. The second-order valence-electron chi connectivity index (χ2n) is 5.52. The second-order valence-corrected chi connectivity index (χ2v) is 5.52. The van der Waals surface area contributed by atoms with Crippen LogP contribution >= 0.6 is 0 Å². The number of methoxy groups -OCH3 is 1. The number of aromatic nitrogens is 4. The molecule has 8 heteroatoms. The van der Waals surface area contributed by atoms with E-state index in [0.717, 1.165) is 5.69 Å². The lowest BCUT2D eigenvalue weighted by Crippen LogP contribution is -2.11. The summed E-state index contributed by atoms with van der Waals surface area (Å²) in [6.07, 6.45) is 1.47. The average Bonchev–Trinajstić information content (AvgIpc) is 3.08. The highest BCUT2D eigenvalue weighted by molar-refractivity contribution is 5.76. The van der Waals surface area contributed by atoms with E-state index in [1.54, 1.807) is 4.68 Å². The minimum absolute atomic E-state index is 0.0905. The molecule has 0 saturated carbocycles. The van der Waals surface area contributed by atoms with Gasteiger partial charge in [-0.05, 0) is 24.3 Å². The van der Waals surface area contributed by atoms with E-state index in [2.05, 4.69) is 20.4 Å². The predicted octanol–water partition coefficient (Wildman–Crippen LogP) is 3.00. The normalized spacial score (nSPS) is 10.8. The Bertz CT molecular complexity index is 1140. The number of ether oxygens (including phenoxy) is 1. The molecule has 26 heavy (non-hydrogen) atoms. The molecule has 2 heterocycles. The molecule has 0 bridgehead atoms. The summed E-state index contributed by atoms with van der Waals surface area (Å²) in [5.41, 5.74) is 1.40. The van der Waals surface area contributed by atoms with Gasteiger partial charge in [0.2, 0.25) is 5.95 Å². The number of fused-ring (bicyclic) bond motifs is 1. The van der Waals surface area contributed by atoms with Gasteiger partial charge in [0.15, 0.2) is 17.2 Å². The van der Waals surface area contributed by atoms with Crippen molar-refractivity contribution in [3.63, 3.8) is 0 Å². The lowest BCUT2D eigenvalue weighted by molar-refractivity contribution is 0.387. The smallest absolute Gasteiger partial charge is 0.263 e. The van der Waals surface area contributed by atoms with Gasteiger partial charge in [0, 0.05) is 11.8 Å². The van der Waals surface area contributed by atoms with Crippen LogP contribution < -0.4 is 15.6 Å². The van der Waals surface area contributed by atoms with Crippen LogP contribution in [-0.2, 0) is 0 Å². The van der Waals surface area contributed by atoms with Crippen molar-refractivity contribution in [2.45, 2.75) is 0 Å². The number of nitrogens with zero attached hydrogens (tertiary/aromatic N) is 3. The Morgan fingerprint density at radius 3 is 2.77 bits per heavy atom. The Labute approximate surface area is 147 Å². The molecule has 0 aliphatic heterocycles. The molecule has 0 amide bonds. The standard InChI is InChI=1S/C18H14FN5O2/c1-26-15-9-11(7-8-14(15)19)21-18-22-16-13(17(25)23-18)10-20-24(16)12-5-3-2-4-6-12/h2-10H,1H3,(H2,21,22,23,25). The summed E-state index contributed by atoms with van der Waals surface area (Å²) in [5, 5.41) is 7.57. The van der Waals surface area contributed by atoms with Gasteiger partial charge in [0.1, 0.15) is 5.39 Å². The Morgan fingerprint density at radius 2 is 2.00 bits per heavy atom. The van der Waals surface area contributed by atoms with Crippen molar-refractivity contribution in [3.8, 4) is 11.4 Å². The molecule has 0 radical (unpaired) electrons. The second kappa shape index (κ2) is 6.32. The summed E-state index contributed by atoms with van der Waals surface area (Å²) < 4.78 is 20.1. The van der Waals surface area contributed by atoms with Crippen molar-refractivity contribution in [1.82, 2.24) is 19.7 Å². The maximum atomic E-state index is 13.5. The monoisotopic (exact) mass is 351 g/mol. The zero-order valence-corrected chi connectivity index (χ0v) is 13.7. The number of para-hydroxylation sites is 1. The SMILES string of the molecule is COc1cc(Nc2nc3c(cnn3-c3ccccc3)c(=O)[nH]2)ccc1F. The van der Waals surface area contributed by atoms with Crippen molar-refractivity contribution in [1.29, 1.82) is 0 Å². The van der Waals surface area contributed by atoms with Crippen LogP contribution in [0.1, 0.15) is 0 Å². The number of nitrogens with one attached hydrogen (secondary N) is 2. The lowest BCUT2D eigenvalue weighted by Gasteiger charge is -2.08. The van der Waals surface area contributed by atoms with E-state index in [-0.39, 0.29) is 17.3 Å². The Hall–Kier alpha value is -3.68. The maximum absolute atomic E-state index is 13.5. The molecule has 0 aliphatic carbocycles. The number of hydrogen-bond donors (Lipinski definition) is 2. The van der Waals surface area contributed by atoms with Crippen molar-refractivity contribution < 1.29 is 9.13 Å². The Balaban J connectivity index is 1.78. The third-order valence-corrected chi connectivity index (χ3v) is 3.85. The molecule has 0 unspecified atom stereocenters. The minimum Gasteiger partial charge on any atom is -0.494 e. The highest BCUT2D eigenvalue weighted by atomic mass is 19.1. The lowest BCUT2D eigenvalue weighted by atomic mass is 10.3. The van der Waals surface area contributed by atoms with Gasteiger partial charge in [0.25, 0.3) is 5.56 Å². The molecule has 2 N–H and O–H groups in total. The number of rotatable bonds is 4. The Kier molecular flexibility index (Phi) is 3.85. The van der Waals surface area contributed by atoms with Gasteiger partial charge < -0.3 is 10.1 Å². The molecule has 4 aromatic rings. The van der Waals surface area contributed by atoms with Crippen LogP contribution in [0.2, 0.25) is 0 Å². The molecule has 130 valence electrons. The summed E-state index contributed by atoms with van der Waals surface area (Å²) in [4.78, 5) is 19.4. The van der Waals surface area contributed by atoms with Gasteiger partial charge in [-0.3, -0.25) is 9.78 Å². The topological polar surface area (TPSA) is 84.8 Å². The van der Waals surface area contributed by atoms with E-state index in [1.165, 1.54) is 31.5 Å². The third kappa shape index (κ3) is 2.77. The van der Waals surface area contributed by atoms with Crippen LogP contribution in [0.4, 0.5) is 16.0 Å². The highest BCUT2D eigenvalue weighted by Gasteiger charge is 2.12. The quantitative estimate of drug-likeness (QED) is 0.590. The van der Waals surface area contributed by atoms with Gasteiger partial charge in [-0.2, -0.15) is 10.1 Å². The molecule has 7 nitrogen and oxygen atoms in total. The summed E-state index contributed by atoms with van der Waals surface area (Å²) in [7, 11) is 1.38. The third-order valence-electron chi connectivity index (χ3n) is 3.85. The van der Waals surface area contributed by atoms with Crippen LogP contribution in [0, 0.1) is 5.82 Å². The fraction of sp³-hybridized carbons (Fsp3) is 0.0556. The maximum Gasteiger partial charge on any atom is 0.263 e. The first-order valence-corrected chi connectivity index (χ1v) is 7.80. The number of benzene rings is 2. The van der Waals surface area contributed by atoms with Crippen LogP contribution in [0.5, 0.6) is 5.75 Å². The summed E-state index contributed by atoms with van der Waals surface area (Å²) in [6, 6.07) is 13.7. The van der Waals surface area contributed by atoms with E-state index in [1.807, 2.05) is 30.3 Å². The molecular formula is C18H14FN5O2. The van der Waals surface area contributed by atoms with Crippen molar-refractivity contribution in [2.75, 3.05) is 12.4 Å². The first-order valence-electron chi connectivity index (χ1n) is 7.80. The van der Waals surface area contributed by atoms with E-state index in [0.29, 0.717) is 16.7 Å². The Morgan fingerprint density at radius 1 is 1.19 bits per heavy atom. The first kappa shape index (κ1) is 15.8. The molecule has 2 aromatic carbocycles. The molecule has 0 spiro atoms. The largest absolute Gasteiger partial charge is 0.494 e. The van der Waals surface area contributed by atoms with Crippen LogP contribution in [-0.4, -0.2) is 26.9 Å². The van der Waals surface area contributed by atoms with E-state index >= 15 is 0 Å². The fourth-order valence-electron chi connectivity index (χ4n) is 2.61. The highest BCUT2D eigenvalue weighted by Crippen LogP contribution is 2.23. The summed E-state index contributed by atoms with van der Waals surface area (Å²) in [5.74, 6) is -0.168. The predicted molar refractivity (Wildman–Crippen MR) is 95.7 cm³/mol. The molecule has 4 rings (SSSR count). The molecule has 2 aromatic heterocycles. The van der Waals surface area contributed by atoms with Crippen molar-refractivity contribution in [2.24, 2.45) is 0 Å². The molecule has 0 aliphatic rings. The number of H-pyrrole nitrogens is 1. The van der Waals surface area contributed by atoms with E-state index in [9.17, 15) is 9.18 Å². The van der Waals surface area contributed by atoms with Gasteiger partial charge >= 0.3 is 0 Å². The minimum atomic E-state index is -0.475. The number of halogens is 1. The molecule has 0 saturated heterocycles. The summed E-state index contributed by atoms with van der Waals surface area (Å²) >= 11 is 0. The van der Waals surface area contributed by atoms with Gasteiger partial charge in [0.05, 0.1) is 19.0 Å². The van der Waals surface area contributed by atoms with Crippen LogP contribution in [0.3, 0.4) is 0 Å². The first-order chi connectivity index (χ1) is 12.7. The van der Waals surface area contributed by atoms with Crippen LogP contribution in [0.25, 0.3) is 16.7 Å². The molecular weight excluding hydrogens is 337 g/mol. The average molecular weight is 351 g/mol. The molecule has 0 fully saturated rings. The van der Waals surface area contributed by atoms with Crippen molar-refractivity contribution >= 4 is 22.7 Å². The van der Waals surface area contributed by atoms with E-state index < -0.39 is 5.82 Å². The summed E-state index contributed by atoms with van der Waals surface area (Å²) in [6.45, 7) is 0. The number of aromatic amines is 1.